The Kier molecular flexibility index (Phi) is 4.35. The van der Waals surface area contributed by atoms with E-state index in [9.17, 15) is 4.79 Å². The molecule has 0 aliphatic heterocycles. The minimum atomic E-state index is -0.518. The maximum absolute atomic E-state index is 10.8. The molecule has 0 aromatic carbocycles. The van der Waals surface area contributed by atoms with Crippen molar-refractivity contribution in [2.45, 2.75) is 32.2 Å². The number of hydrogen-bond acceptors (Lipinski definition) is 3. The monoisotopic (exact) mass is 199 g/mol. The van der Waals surface area contributed by atoms with Crippen LogP contribution in [0.4, 0.5) is 0 Å². The van der Waals surface area contributed by atoms with Crippen LogP contribution in [0, 0.1) is 5.92 Å². The van der Waals surface area contributed by atoms with Crippen LogP contribution in [0.25, 0.3) is 0 Å². The summed E-state index contributed by atoms with van der Waals surface area (Å²) < 4.78 is 0. The molecule has 0 heterocycles. The number of hydrogen-bond donors (Lipinski definition) is 2. The molecule has 4 N–H and O–H groups in total. The molecule has 1 rings (SSSR count). The third-order valence-electron chi connectivity index (χ3n) is 3.01. The molecular formula is C10H21N3O. The normalized spacial score (nSPS) is 19.4. The summed E-state index contributed by atoms with van der Waals surface area (Å²) in [5, 5.41) is 0. The van der Waals surface area contributed by atoms with E-state index >= 15 is 0 Å². The first-order chi connectivity index (χ1) is 6.63. The van der Waals surface area contributed by atoms with Gasteiger partial charge in [-0.15, -0.1) is 0 Å². The van der Waals surface area contributed by atoms with Gasteiger partial charge in [0, 0.05) is 13.1 Å². The Morgan fingerprint density at radius 2 is 2.21 bits per heavy atom. The van der Waals surface area contributed by atoms with Gasteiger partial charge in [-0.3, -0.25) is 4.79 Å². The highest BCUT2D eigenvalue weighted by molar-refractivity contribution is 5.79. The van der Waals surface area contributed by atoms with Crippen molar-refractivity contribution in [2.24, 2.45) is 17.4 Å². The average molecular weight is 199 g/mol. The van der Waals surface area contributed by atoms with Crippen molar-refractivity contribution in [3.05, 3.63) is 0 Å². The van der Waals surface area contributed by atoms with Crippen LogP contribution in [0.1, 0.15) is 26.2 Å². The molecule has 0 saturated heterocycles. The Labute approximate surface area is 85.6 Å². The Balaban J connectivity index is 2.26. The fraction of sp³-hybridized carbons (Fsp3) is 0.900. The second-order valence-electron chi connectivity index (χ2n) is 4.16. The first kappa shape index (κ1) is 11.5. The van der Waals surface area contributed by atoms with E-state index in [1.54, 1.807) is 0 Å². The second-order valence-corrected chi connectivity index (χ2v) is 4.16. The summed E-state index contributed by atoms with van der Waals surface area (Å²) in [6, 6.07) is -0.518. The molecule has 0 radical (unpaired) electrons. The Morgan fingerprint density at radius 3 is 2.57 bits per heavy atom. The zero-order valence-corrected chi connectivity index (χ0v) is 8.91. The number of carbonyl (C=O) groups excluding carboxylic acids is 1. The number of primary amides is 1. The third-order valence-corrected chi connectivity index (χ3v) is 3.01. The zero-order chi connectivity index (χ0) is 10.6. The number of amides is 1. The lowest BCUT2D eigenvalue weighted by Crippen LogP contribution is -2.47. The van der Waals surface area contributed by atoms with Crippen molar-refractivity contribution in [1.82, 2.24) is 4.90 Å². The van der Waals surface area contributed by atoms with Crippen LogP contribution in [0.5, 0.6) is 0 Å². The van der Waals surface area contributed by atoms with Gasteiger partial charge in [0.05, 0.1) is 6.04 Å². The molecule has 4 nitrogen and oxygen atoms in total. The molecule has 0 bridgehead atoms. The molecule has 4 heteroatoms. The molecule has 14 heavy (non-hydrogen) atoms. The van der Waals surface area contributed by atoms with Crippen molar-refractivity contribution in [2.75, 3.05) is 19.6 Å². The summed E-state index contributed by atoms with van der Waals surface area (Å²) in [6.07, 6.45) is 3.99. The van der Waals surface area contributed by atoms with Crippen LogP contribution in [0.15, 0.2) is 0 Å². The number of nitrogens with zero attached hydrogens (tertiary/aromatic N) is 1. The minimum Gasteiger partial charge on any atom is -0.368 e. The van der Waals surface area contributed by atoms with Gasteiger partial charge in [-0.1, -0.05) is 13.3 Å². The van der Waals surface area contributed by atoms with E-state index in [4.69, 9.17) is 11.5 Å². The second kappa shape index (κ2) is 5.32. The predicted molar refractivity (Wildman–Crippen MR) is 56.6 cm³/mol. The standard InChI is InChI=1S/C10H21N3O/c1-2-13(6-8-4-3-5-8)7-9(11)10(12)14/h8-9H,2-7,11H2,1H3,(H2,12,14). The Bertz CT molecular complexity index is 192. The van der Waals surface area contributed by atoms with Gasteiger partial charge < -0.3 is 16.4 Å². The van der Waals surface area contributed by atoms with E-state index in [2.05, 4.69) is 11.8 Å². The lowest BCUT2D eigenvalue weighted by molar-refractivity contribution is -0.119. The van der Waals surface area contributed by atoms with E-state index < -0.39 is 11.9 Å². The minimum absolute atomic E-state index is 0.406. The van der Waals surface area contributed by atoms with Gasteiger partial charge in [0.1, 0.15) is 0 Å². The van der Waals surface area contributed by atoms with Crippen LogP contribution < -0.4 is 11.5 Å². The maximum Gasteiger partial charge on any atom is 0.235 e. The molecule has 1 saturated carbocycles. The highest BCUT2D eigenvalue weighted by Crippen LogP contribution is 2.26. The van der Waals surface area contributed by atoms with Crippen molar-refractivity contribution in [3.8, 4) is 0 Å². The van der Waals surface area contributed by atoms with Gasteiger partial charge in [-0.05, 0) is 25.3 Å². The molecule has 1 fully saturated rings. The molecule has 1 unspecified atom stereocenters. The first-order valence-corrected chi connectivity index (χ1v) is 5.40. The predicted octanol–water partition coefficient (Wildman–Crippen LogP) is -0.0790. The SMILES string of the molecule is CCN(CC1CCC1)CC(N)C(N)=O. The molecular weight excluding hydrogens is 178 g/mol. The van der Waals surface area contributed by atoms with Crippen molar-refractivity contribution in [3.63, 3.8) is 0 Å². The van der Waals surface area contributed by atoms with E-state index in [1.165, 1.54) is 19.3 Å². The molecule has 1 atom stereocenters. The van der Waals surface area contributed by atoms with Crippen LogP contribution >= 0.6 is 0 Å². The zero-order valence-electron chi connectivity index (χ0n) is 8.91. The number of rotatable bonds is 6. The molecule has 1 amide bonds. The Morgan fingerprint density at radius 1 is 1.57 bits per heavy atom. The Hall–Kier alpha value is -0.610. The summed E-state index contributed by atoms with van der Waals surface area (Å²) in [7, 11) is 0. The van der Waals surface area contributed by atoms with E-state index in [-0.39, 0.29) is 0 Å². The highest BCUT2D eigenvalue weighted by atomic mass is 16.1. The topological polar surface area (TPSA) is 72.3 Å². The van der Waals surface area contributed by atoms with Crippen molar-refractivity contribution in [1.29, 1.82) is 0 Å². The van der Waals surface area contributed by atoms with Gasteiger partial charge in [-0.25, -0.2) is 0 Å². The average Bonchev–Trinajstić information content (AvgIpc) is 2.08. The van der Waals surface area contributed by atoms with Gasteiger partial charge in [0.15, 0.2) is 0 Å². The third kappa shape index (κ3) is 3.27. The van der Waals surface area contributed by atoms with Gasteiger partial charge >= 0.3 is 0 Å². The van der Waals surface area contributed by atoms with Crippen molar-refractivity contribution >= 4 is 5.91 Å². The highest BCUT2D eigenvalue weighted by Gasteiger charge is 2.21. The van der Waals surface area contributed by atoms with Crippen LogP contribution in [0.2, 0.25) is 0 Å². The van der Waals surface area contributed by atoms with E-state index in [0.29, 0.717) is 6.54 Å². The fourth-order valence-corrected chi connectivity index (χ4v) is 1.74. The maximum atomic E-state index is 10.8. The lowest BCUT2D eigenvalue weighted by atomic mass is 9.85. The molecule has 0 aromatic heterocycles. The molecule has 1 aliphatic rings. The molecule has 1 aliphatic carbocycles. The van der Waals surface area contributed by atoms with Crippen LogP contribution in [-0.4, -0.2) is 36.5 Å². The summed E-state index contributed by atoms with van der Waals surface area (Å²) >= 11 is 0. The van der Waals surface area contributed by atoms with Gasteiger partial charge in [-0.2, -0.15) is 0 Å². The molecule has 0 aromatic rings. The van der Waals surface area contributed by atoms with E-state index in [1.807, 2.05) is 0 Å². The number of carbonyl (C=O) groups is 1. The summed E-state index contributed by atoms with van der Waals surface area (Å²) in [5.41, 5.74) is 10.7. The summed E-state index contributed by atoms with van der Waals surface area (Å²) in [6.45, 7) is 4.70. The lowest BCUT2D eigenvalue weighted by Gasteiger charge is -2.32. The summed E-state index contributed by atoms with van der Waals surface area (Å²) in [4.78, 5) is 13.0. The van der Waals surface area contributed by atoms with E-state index in [0.717, 1.165) is 19.0 Å². The van der Waals surface area contributed by atoms with Crippen LogP contribution in [-0.2, 0) is 4.79 Å². The fourth-order valence-electron chi connectivity index (χ4n) is 1.74. The molecule has 0 spiro atoms. The smallest absolute Gasteiger partial charge is 0.235 e. The number of nitrogens with two attached hydrogens (primary N) is 2. The largest absolute Gasteiger partial charge is 0.368 e. The van der Waals surface area contributed by atoms with Gasteiger partial charge in [0.2, 0.25) is 5.91 Å². The summed E-state index contributed by atoms with van der Waals surface area (Å²) in [5.74, 6) is 0.409. The molecule has 82 valence electrons. The van der Waals surface area contributed by atoms with Crippen LogP contribution in [0.3, 0.4) is 0 Å². The first-order valence-electron chi connectivity index (χ1n) is 5.40. The number of likely N-dealkylation sites (N-methyl/N-ethyl adjacent to an activating group) is 1. The van der Waals surface area contributed by atoms with Crippen molar-refractivity contribution < 1.29 is 4.79 Å². The quantitative estimate of drug-likeness (QED) is 0.628. The van der Waals surface area contributed by atoms with Gasteiger partial charge in [0.25, 0.3) is 0 Å².